The number of amides is 5. The molecule has 1 aromatic carbocycles. The number of ether oxygens (including phenoxy) is 2. The van der Waals surface area contributed by atoms with Crippen LogP contribution in [0.3, 0.4) is 0 Å². The van der Waals surface area contributed by atoms with E-state index in [1.165, 1.54) is 21.1 Å². The fourth-order valence-corrected chi connectivity index (χ4v) is 9.41. The Balaban J connectivity index is 1.76. The van der Waals surface area contributed by atoms with Crippen molar-refractivity contribution in [2.45, 2.75) is 147 Å². The Morgan fingerprint density at radius 2 is 1.55 bits per heavy atom. The number of alkyl halides is 3. The summed E-state index contributed by atoms with van der Waals surface area (Å²) in [6, 6.07) is 1.65. The number of piperidine rings is 1. The molecule has 0 radical (unpaired) electrons. The van der Waals surface area contributed by atoms with Crippen LogP contribution in [0.1, 0.15) is 93.4 Å². The number of benzene rings is 1. The summed E-state index contributed by atoms with van der Waals surface area (Å²) in [6.45, 7) is 14.5. The third-order valence-electron chi connectivity index (χ3n) is 11.9. The van der Waals surface area contributed by atoms with Crippen molar-refractivity contribution in [3.63, 3.8) is 0 Å². The zero-order valence-electron chi connectivity index (χ0n) is 36.5. The van der Waals surface area contributed by atoms with E-state index in [-0.39, 0.29) is 53.7 Å². The Labute approximate surface area is 352 Å². The van der Waals surface area contributed by atoms with E-state index in [4.69, 9.17) is 9.47 Å². The van der Waals surface area contributed by atoms with Crippen molar-refractivity contribution in [1.29, 1.82) is 0 Å². The van der Waals surface area contributed by atoms with Crippen LogP contribution in [0.25, 0.3) is 0 Å². The lowest BCUT2D eigenvalue weighted by atomic mass is 9.89. The quantitative estimate of drug-likeness (QED) is 0.181. The first-order valence-electron chi connectivity index (χ1n) is 20.7. The second-order valence-corrected chi connectivity index (χ2v) is 18.3. The fraction of sp³-hybridized carbons (Fsp3) is 0.732. The van der Waals surface area contributed by atoms with Crippen LogP contribution in [-0.2, 0) is 43.5 Å². The number of halogens is 3. The van der Waals surface area contributed by atoms with Gasteiger partial charge in [-0.25, -0.2) is 13.1 Å². The average Bonchev–Trinajstić information content (AvgIpc) is 3.68. The van der Waals surface area contributed by atoms with Gasteiger partial charge in [-0.3, -0.25) is 28.9 Å². The Bertz CT molecular complexity index is 1750. The maximum atomic E-state index is 14.3. The fourth-order valence-electron chi connectivity index (χ4n) is 8.35. The highest BCUT2D eigenvalue weighted by molar-refractivity contribution is 7.90. The first-order valence-corrected chi connectivity index (χ1v) is 22.2. The van der Waals surface area contributed by atoms with Crippen LogP contribution in [0, 0.1) is 17.8 Å². The molecular formula is C41H65F3N6O9S. The molecule has 1 aromatic rings. The molecule has 2 saturated heterocycles. The lowest BCUT2D eigenvalue weighted by molar-refractivity contribution is -0.167. The molecule has 2 heterocycles. The second-order valence-electron chi connectivity index (χ2n) is 16.6. The topological polar surface area (TPSA) is 184 Å². The van der Waals surface area contributed by atoms with Crippen LogP contribution in [0.15, 0.2) is 29.2 Å². The SMILES string of the molecule is CCC(C)C(C(CC(=O)N1CCC[C@H]1C(OC)C(C)C(=O)NS(=O)(=O)c1ccc(NC(=O)C(F)(F)F)cc1)OC)N(C)C(=O)C(NC(=O)[C@H]1CCCCN1C(C)C)C(C)C. The first-order chi connectivity index (χ1) is 28.0. The van der Waals surface area contributed by atoms with Gasteiger partial charge in [0.25, 0.3) is 10.0 Å². The minimum Gasteiger partial charge on any atom is -0.379 e. The number of nitrogens with zero attached hydrogens (tertiary/aromatic N) is 3. The lowest BCUT2D eigenvalue weighted by Gasteiger charge is -2.41. The van der Waals surface area contributed by atoms with E-state index >= 15 is 0 Å². The third-order valence-corrected chi connectivity index (χ3v) is 13.3. The number of rotatable bonds is 19. The average molecular weight is 875 g/mol. The molecule has 0 bridgehead atoms. The van der Waals surface area contributed by atoms with Crippen LogP contribution >= 0.6 is 0 Å². The number of likely N-dealkylation sites (tertiary alicyclic amines) is 2. The summed E-state index contributed by atoms with van der Waals surface area (Å²) >= 11 is 0. The van der Waals surface area contributed by atoms with Crippen LogP contribution in [0.2, 0.25) is 0 Å². The maximum absolute atomic E-state index is 14.3. The van der Waals surface area contributed by atoms with Gasteiger partial charge in [-0.2, -0.15) is 13.2 Å². The molecule has 5 amide bonds. The van der Waals surface area contributed by atoms with Gasteiger partial charge in [-0.1, -0.05) is 47.5 Å². The smallest absolute Gasteiger partial charge is 0.379 e. The van der Waals surface area contributed by atoms with Gasteiger partial charge >= 0.3 is 12.1 Å². The van der Waals surface area contributed by atoms with Crippen molar-refractivity contribution in [2.24, 2.45) is 17.8 Å². The monoisotopic (exact) mass is 874 g/mol. The summed E-state index contributed by atoms with van der Waals surface area (Å²) in [5.74, 6) is -5.37. The molecule has 60 heavy (non-hydrogen) atoms. The Kier molecular flexibility index (Phi) is 18.4. The number of hydrogen-bond acceptors (Lipinski definition) is 10. The highest BCUT2D eigenvalue weighted by atomic mass is 32.2. The standard InChI is InChI=1S/C41H65F3N6O9S/c1-11-26(6)35(48(8)39(54)34(24(2)3)46-38(53)31-15-12-13-21-49(31)25(4)5)32(58-9)23-33(51)50-22-14-16-30(50)36(59-10)27(7)37(52)47-60(56,57)29-19-17-28(18-20-29)45-40(55)41(42,43)44/h17-20,24-27,30-32,34-36H,11-16,21-23H2,1-10H3,(H,45,55)(H,46,53)(H,47,52)/t26?,27?,30-,31+,32?,34?,35?,36?/m0/s1. The molecule has 0 aromatic heterocycles. The Morgan fingerprint density at radius 3 is 2.08 bits per heavy atom. The minimum absolute atomic E-state index is 0.114. The molecule has 3 N–H and O–H groups in total. The van der Waals surface area contributed by atoms with Crippen LogP contribution in [-0.4, -0.2) is 136 Å². The number of methoxy groups -OCH3 is 2. The molecule has 0 aliphatic carbocycles. The number of likely N-dealkylation sites (N-methyl/N-ethyl adjacent to an activating group) is 1. The molecular weight excluding hydrogens is 810 g/mol. The zero-order valence-corrected chi connectivity index (χ0v) is 37.3. The molecule has 3 rings (SSSR count). The number of carbonyl (C=O) groups excluding carboxylic acids is 5. The highest BCUT2D eigenvalue weighted by Gasteiger charge is 2.44. The molecule has 6 unspecified atom stereocenters. The van der Waals surface area contributed by atoms with Gasteiger partial charge in [0.2, 0.25) is 23.6 Å². The predicted molar refractivity (Wildman–Crippen MR) is 219 cm³/mol. The summed E-state index contributed by atoms with van der Waals surface area (Å²) in [4.78, 5) is 71.8. The summed E-state index contributed by atoms with van der Waals surface area (Å²) in [7, 11) is 0.00631. The van der Waals surface area contributed by atoms with E-state index in [1.54, 1.807) is 22.2 Å². The van der Waals surface area contributed by atoms with Gasteiger partial charge in [0.15, 0.2) is 0 Å². The first kappa shape index (κ1) is 50.5. The highest BCUT2D eigenvalue weighted by Crippen LogP contribution is 2.30. The van der Waals surface area contributed by atoms with Crippen molar-refractivity contribution in [1.82, 2.24) is 24.7 Å². The second kappa shape index (κ2) is 21.8. The number of nitrogens with one attached hydrogen (secondary N) is 3. The largest absolute Gasteiger partial charge is 0.471 e. The third kappa shape index (κ3) is 12.6. The summed E-state index contributed by atoms with van der Waals surface area (Å²) in [6.07, 6.45) is -2.60. The maximum Gasteiger partial charge on any atom is 0.471 e. The van der Waals surface area contributed by atoms with Crippen molar-refractivity contribution in [3.8, 4) is 0 Å². The molecule has 0 spiro atoms. The van der Waals surface area contributed by atoms with E-state index in [0.29, 0.717) is 32.2 Å². The molecule has 15 nitrogen and oxygen atoms in total. The molecule has 2 aliphatic heterocycles. The van der Waals surface area contributed by atoms with Crippen molar-refractivity contribution < 1.29 is 55.0 Å². The van der Waals surface area contributed by atoms with E-state index in [2.05, 4.69) is 24.1 Å². The van der Waals surface area contributed by atoms with Gasteiger partial charge in [0, 0.05) is 39.5 Å². The van der Waals surface area contributed by atoms with Crippen LogP contribution in [0.4, 0.5) is 18.9 Å². The number of hydrogen-bond donors (Lipinski definition) is 3. The van der Waals surface area contributed by atoms with E-state index in [1.807, 2.05) is 32.4 Å². The van der Waals surface area contributed by atoms with E-state index in [0.717, 1.165) is 43.7 Å². The van der Waals surface area contributed by atoms with Gasteiger partial charge in [0.05, 0.1) is 47.6 Å². The molecule has 2 aliphatic rings. The lowest BCUT2D eigenvalue weighted by Crippen LogP contribution is -2.60. The van der Waals surface area contributed by atoms with Crippen LogP contribution < -0.4 is 15.4 Å². The number of anilines is 1. The number of carbonyl (C=O) groups is 5. The molecule has 8 atom stereocenters. The predicted octanol–water partition coefficient (Wildman–Crippen LogP) is 4.32. The molecule has 19 heteroatoms. The van der Waals surface area contributed by atoms with Gasteiger partial charge < -0.3 is 29.9 Å². The summed E-state index contributed by atoms with van der Waals surface area (Å²) < 4.78 is 77.8. The summed E-state index contributed by atoms with van der Waals surface area (Å²) in [5.41, 5.74) is -0.303. The normalized spacial score (nSPS) is 20.8. The molecule has 2 fully saturated rings. The minimum atomic E-state index is -5.14. The molecule has 340 valence electrons. The molecule has 0 saturated carbocycles. The van der Waals surface area contributed by atoms with Crippen LogP contribution in [0.5, 0.6) is 0 Å². The van der Waals surface area contributed by atoms with Gasteiger partial charge in [0.1, 0.15) is 6.04 Å². The van der Waals surface area contributed by atoms with Crippen molar-refractivity contribution >= 4 is 45.2 Å². The summed E-state index contributed by atoms with van der Waals surface area (Å²) in [5, 5.41) is 4.69. The van der Waals surface area contributed by atoms with Gasteiger partial charge in [-0.05, 0) is 82.2 Å². The number of sulfonamides is 1. The van der Waals surface area contributed by atoms with Gasteiger partial charge in [-0.15, -0.1) is 0 Å². The van der Waals surface area contributed by atoms with E-state index in [9.17, 15) is 45.6 Å². The van der Waals surface area contributed by atoms with Crippen molar-refractivity contribution in [2.75, 3.05) is 39.7 Å². The van der Waals surface area contributed by atoms with Crippen molar-refractivity contribution in [3.05, 3.63) is 24.3 Å². The zero-order chi connectivity index (χ0) is 45.3. The Hall–Kier alpha value is -3.81. The van der Waals surface area contributed by atoms with E-state index < -0.39 is 69.2 Å². The Morgan fingerprint density at radius 1 is 0.917 bits per heavy atom.